The number of hydrogen-bond acceptors (Lipinski definition) is 3. The summed E-state index contributed by atoms with van der Waals surface area (Å²) in [7, 11) is 0. The molecule has 0 unspecified atom stereocenters. The Kier molecular flexibility index (Phi) is 7.62. The minimum absolute atomic E-state index is 0.188. The number of ether oxygens (including phenoxy) is 1. The lowest BCUT2D eigenvalue weighted by Crippen LogP contribution is -2.34. The van der Waals surface area contributed by atoms with Gasteiger partial charge in [0, 0.05) is 24.0 Å². The third kappa shape index (κ3) is 6.00. The van der Waals surface area contributed by atoms with E-state index in [1.165, 1.54) is 12.4 Å². The Bertz CT molecular complexity index is 976. The Labute approximate surface area is 188 Å². The summed E-state index contributed by atoms with van der Waals surface area (Å²) >= 11 is 24.2. The first-order valence-corrected chi connectivity index (χ1v) is 10.2. The Hall–Kier alpha value is -1.98. The van der Waals surface area contributed by atoms with Crippen LogP contribution in [-0.4, -0.2) is 28.9 Å². The molecule has 0 fully saturated rings. The van der Waals surface area contributed by atoms with Gasteiger partial charge in [-0.05, 0) is 23.8 Å². The maximum Gasteiger partial charge on any atom is 0.255 e. The standard InChI is InChI=1S/C21H16Cl4N2O2/c22-16-9-18(24)20(19(25)10-16)29-7-6-27(13-14-4-2-1-3-5-14)21(28)15-8-17(23)12-26-11-15/h1-5,8-12H,6-7,13H2. The van der Waals surface area contributed by atoms with Crippen molar-refractivity contribution >= 4 is 52.3 Å². The highest BCUT2D eigenvalue weighted by Crippen LogP contribution is 2.35. The molecule has 0 saturated heterocycles. The number of aromatic nitrogens is 1. The second-order valence-electron chi connectivity index (χ2n) is 6.15. The zero-order valence-corrected chi connectivity index (χ0v) is 18.1. The molecule has 1 heterocycles. The van der Waals surface area contributed by atoms with E-state index in [1.807, 2.05) is 30.3 Å². The molecular formula is C21H16Cl4N2O2. The monoisotopic (exact) mass is 468 g/mol. The van der Waals surface area contributed by atoms with Crippen LogP contribution in [0.15, 0.2) is 60.9 Å². The molecule has 29 heavy (non-hydrogen) atoms. The summed E-state index contributed by atoms with van der Waals surface area (Å²) in [5.41, 5.74) is 1.38. The summed E-state index contributed by atoms with van der Waals surface area (Å²) in [5, 5.41) is 1.43. The maximum absolute atomic E-state index is 13.0. The average Bonchev–Trinajstić information content (AvgIpc) is 2.69. The van der Waals surface area contributed by atoms with E-state index in [0.717, 1.165) is 5.56 Å². The van der Waals surface area contributed by atoms with E-state index in [-0.39, 0.29) is 12.5 Å². The zero-order valence-electron chi connectivity index (χ0n) is 15.1. The molecule has 3 aromatic rings. The van der Waals surface area contributed by atoms with Crippen LogP contribution in [0.2, 0.25) is 20.1 Å². The van der Waals surface area contributed by atoms with Gasteiger partial charge < -0.3 is 9.64 Å². The summed E-state index contributed by atoms with van der Waals surface area (Å²) in [5.74, 6) is 0.120. The van der Waals surface area contributed by atoms with E-state index in [4.69, 9.17) is 51.1 Å². The van der Waals surface area contributed by atoms with E-state index < -0.39 is 0 Å². The lowest BCUT2D eigenvalue weighted by atomic mass is 10.2. The Morgan fingerprint density at radius 2 is 1.62 bits per heavy atom. The first kappa shape index (κ1) is 21.7. The molecule has 0 aliphatic heterocycles. The zero-order chi connectivity index (χ0) is 20.8. The maximum atomic E-state index is 13.0. The van der Waals surface area contributed by atoms with Gasteiger partial charge in [0.15, 0.2) is 5.75 Å². The highest BCUT2D eigenvalue weighted by molar-refractivity contribution is 6.40. The fraction of sp³-hybridized carbons (Fsp3) is 0.143. The van der Waals surface area contributed by atoms with Crippen molar-refractivity contribution < 1.29 is 9.53 Å². The molecule has 0 aliphatic carbocycles. The minimum Gasteiger partial charge on any atom is -0.489 e. The molecule has 150 valence electrons. The van der Waals surface area contributed by atoms with Crippen LogP contribution < -0.4 is 4.74 Å². The van der Waals surface area contributed by atoms with Gasteiger partial charge in [-0.1, -0.05) is 76.7 Å². The number of benzene rings is 2. The van der Waals surface area contributed by atoms with Crippen molar-refractivity contribution in [1.82, 2.24) is 9.88 Å². The van der Waals surface area contributed by atoms with Crippen molar-refractivity contribution in [2.45, 2.75) is 6.54 Å². The van der Waals surface area contributed by atoms with Crippen LogP contribution in [0.5, 0.6) is 5.75 Å². The molecule has 2 aromatic carbocycles. The topological polar surface area (TPSA) is 42.4 Å². The van der Waals surface area contributed by atoms with Gasteiger partial charge >= 0.3 is 0 Å². The third-order valence-electron chi connectivity index (χ3n) is 4.03. The molecule has 1 amide bonds. The first-order valence-electron chi connectivity index (χ1n) is 8.65. The highest BCUT2D eigenvalue weighted by Gasteiger charge is 2.18. The van der Waals surface area contributed by atoms with E-state index in [0.29, 0.717) is 44.5 Å². The van der Waals surface area contributed by atoms with Crippen molar-refractivity contribution in [3.05, 3.63) is 92.1 Å². The van der Waals surface area contributed by atoms with Crippen LogP contribution in [0, 0.1) is 0 Å². The Morgan fingerprint density at radius 3 is 2.28 bits per heavy atom. The van der Waals surface area contributed by atoms with Crippen molar-refractivity contribution in [3.63, 3.8) is 0 Å². The van der Waals surface area contributed by atoms with E-state index >= 15 is 0 Å². The van der Waals surface area contributed by atoms with Crippen LogP contribution in [-0.2, 0) is 6.54 Å². The molecule has 0 spiro atoms. The van der Waals surface area contributed by atoms with Crippen LogP contribution in [0.1, 0.15) is 15.9 Å². The number of carbonyl (C=O) groups excluding carboxylic acids is 1. The highest BCUT2D eigenvalue weighted by atomic mass is 35.5. The predicted octanol–water partition coefficient (Wildman–Crippen LogP) is 6.42. The quantitative estimate of drug-likeness (QED) is 0.401. The molecule has 0 N–H and O–H groups in total. The molecule has 8 heteroatoms. The summed E-state index contributed by atoms with van der Waals surface area (Å²) in [6, 6.07) is 14.3. The predicted molar refractivity (Wildman–Crippen MR) is 117 cm³/mol. The number of nitrogens with zero attached hydrogens (tertiary/aromatic N) is 2. The molecule has 4 nitrogen and oxygen atoms in total. The van der Waals surface area contributed by atoms with Crippen molar-refractivity contribution in [2.24, 2.45) is 0 Å². The van der Waals surface area contributed by atoms with Gasteiger partial charge in [0.2, 0.25) is 0 Å². The first-order chi connectivity index (χ1) is 13.9. The summed E-state index contributed by atoms with van der Waals surface area (Å²) in [4.78, 5) is 18.7. The number of hydrogen-bond donors (Lipinski definition) is 0. The van der Waals surface area contributed by atoms with Gasteiger partial charge in [-0.3, -0.25) is 9.78 Å². The van der Waals surface area contributed by atoms with E-state index in [9.17, 15) is 4.79 Å². The van der Waals surface area contributed by atoms with Gasteiger partial charge in [0.1, 0.15) is 6.61 Å². The lowest BCUT2D eigenvalue weighted by Gasteiger charge is -2.23. The van der Waals surface area contributed by atoms with Crippen molar-refractivity contribution in [2.75, 3.05) is 13.2 Å². The van der Waals surface area contributed by atoms with Crippen LogP contribution in [0.25, 0.3) is 0 Å². The van der Waals surface area contributed by atoms with Crippen LogP contribution >= 0.6 is 46.4 Å². The molecule has 0 aliphatic rings. The second-order valence-corrected chi connectivity index (χ2v) is 7.84. The van der Waals surface area contributed by atoms with Crippen molar-refractivity contribution in [3.8, 4) is 5.75 Å². The van der Waals surface area contributed by atoms with Crippen LogP contribution in [0.4, 0.5) is 0 Å². The molecule has 3 rings (SSSR count). The van der Waals surface area contributed by atoms with E-state index in [1.54, 1.807) is 23.1 Å². The van der Waals surface area contributed by atoms with Gasteiger partial charge in [0.05, 0.1) is 27.2 Å². The largest absolute Gasteiger partial charge is 0.489 e. The third-order valence-corrected chi connectivity index (χ3v) is 5.01. The number of rotatable bonds is 7. The smallest absolute Gasteiger partial charge is 0.255 e. The van der Waals surface area contributed by atoms with E-state index in [2.05, 4.69) is 4.98 Å². The number of amides is 1. The molecule has 0 bridgehead atoms. The molecule has 0 saturated carbocycles. The number of carbonyl (C=O) groups is 1. The van der Waals surface area contributed by atoms with Crippen LogP contribution in [0.3, 0.4) is 0 Å². The fourth-order valence-electron chi connectivity index (χ4n) is 2.69. The fourth-order valence-corrected chi connectivity index (χ4v) is 3.79. The normalized spacial score (nSPS) is 10.6. The minimum atomic E-state index is -0.208. The van der Waals surface area contributed by atoms with Gasteiger partial charge in [-0.2, -0.15) is 0 Å². The van der Waals surface area contributed by atoms with Gasteiger partial charge in [0.25, 0.3) is 5.91 Å². The number of pyridine rings is 1. The molecule has 1 aromatic heterocycles. The molecule has 0 atom stereocenters. The van der Waals surface area contributed by atoms with Crippen molar-refractivity contribution in [1.29, 1.82) is 0 Å². The van der Waals surface area contributed by atoms with Gasteiger partial charge in [-0.15, -0.1) is 0 Å². The second kappa shape index (κ2) is 10.2. The Morgan fingerprint density at radius 1 is 0.931 bits per heavy atom. The summed E-state index contributed by atoms with van der Waals surface area (Å²) in [6.07, 6.45) is 2.97. The molecular weight excluding hydrogens is 454 g/mol. The molecule has 0 radical (unpaired) electrons. The number of halogens is 4. The SMILES string of the molecule is O=C(c1cncc(Cl)c1)N(CCOc1c(Cl)cc(Cl)cc1Cl)Cc1ccccc1. The summed E-state index contributed by atoms with van der Waals surface area (Å²) in [6.45, 7) is 0.890. The lowest BCUT2D eigenvalue weighted by molar-refractivity contribution is 0.0716. The van der Waals surface area contributed by atoms with Gasteiger partial charge in [-0.25, -0.2) is 0 Å². The Balaban J connectivity index is 1.75. The average molecular weight is 470 g/mol. The summed E-state index contributed by atoms with van der Waals surface area (Å²) < 4.78 is 5.74.